The summed E-state index contributed by atoms with van der Waals surface area (Å²) < 4.78 is 14.6. The van der Waals surface area contributed by atoms with Gasteiger partial charge in [0.25, 0.3) is 0 Å². The maximum Gasteiger partial charge on any atom is 1.00 e. The van der Waals surface area contributed by atoms with Crippen LogP contribution in [0, 0.1) is 0 Å². The van der Waals surface area contributed by atoms with Gasteiger partial charge in [-0.1, -0.05) is 17.7 Å². The van der Waals surface area contributed by atoms with Gasteiger partial charge < -0.3 is 21.0 Å². The third-order valence-corrected chi connectivity index (χ3v) is 4.08. The SMILES string of the molecule is O=C(CCCNC(=O)OCOC(=O)c1cccs1)Oc1ccc(Cl)cc1.[H-].[Na+]. The van der Waals surface area contributed by atoms with Gasteiger partial charge >= 0.3 is 47.6 Å². The van der Waals surface area contributed by atoms with Crippen molar-refractivity contribution in [3.05, 3.63) is 51.7 Å². The van der Waals surface area contributed by atoms with E-state index in [-0.39, 0.29) is 43.9 Å². The standard InChI is InChI=1S/C17H16ClNO6S.Na.H/c18-12-5-7-13(8-6-12)25-15(20)4-1-9-19-17(22)24-11-23-16(21)14-3-2-10-26-14;;/h2-3,5-8,10H,1,4,9,11H2,(H,19,22);;/q;+1;-1. The minimum atomic E-state index is -0.741. The number of benzene rings is 1. The molecule has 0 saturated carbocycles. The number of carbonyl (C=O) groups excluding carboxylic acids is 3. The molecule has 0 unspecified atom stereocenters. The van der Waals surface area contributed by atoms with E-state index in [9.17, 15) is 14.4 Å². The van der Waals surface area contributed by atoms with Gasteiger partial charge in [0, 0.05) is 18.0 Å². The number of halogens is 1. The molecule has 0 spiro atoms. The summed E-state index contributed by atoms with van der Waals surface area (Å²) in [7, 11) is 0. The Morgan fingerprint density at radius 2 is 1.85 bits per heavy atom. The average Bonchev–Trinajstić information content (AvgIpc) is 3.15. The first kappa shape index (κ1) is 23.5. The number of amides is 1. The van der Waals surface area contributed by atoms with Gasteiger partial charge in [0.15, 0.2) is 0 Å². The predicted octanol–water partition coefficient (Wildman–Crippen LogP) is 0.744. The van der Waals surface area contributed by atoms with Gasteiger partial charge in [-0.3, -0.25) is 4.79 Å². The molecule has 0 saturated heterocycles. The minimum absolute atomic E-state index is 0. The number of carbonyl (C=O) groups is 3. The van der Waals surface area contributed by atoms with Crippen molar-refractivity contribution in [2.45, 2.75) is 12.8 Å². The monoisotopic (exact) mass is 421 g/mol. The fourth-order valence-corrected chi connectivity index (χ4v) is 2.50. The van der Waals surface area contributed by atoms with E-state index >= 15 is 0 Å². The molecule has 1 aromatic heterocycles. The smallest absolute Gasteiger partial charge is 1.00 e. The number of hydrogen-bond acceptors (Lipinski definition) is 7. The summed E-state index contributed by atoms with van der Waals surface area (Å²) in [5.41, 5.74) is 0. The van der Waals surface area contributed by atoms with Crippen molar-refractivity contribution in [1.29, 1.82) is 0 Å². The third-order valence-electron chi connectivity index (χ3n) is 2.97. The number of alkyl carbamates (subject to hydrolysis) is 1. The van der Waals surface area contributed by atoms with Gasteiger partial charge in [-0.05, 0) is 42.1 Å². The number of nitrogens with one attached hydrogen (secondary N) is 1. The number of hydrogen-bond donors (Lipinski definition) is 1. The molecule has 0 aliphatic rings. The molecule has 0 radical (unpaired) electrons. The van der Waals surface area contributed by atoms with Gasteiger partial charge in [0.2, 0.25) is 6.79 Å². The van der Waals surface area contributed by atoms with Crippen LogP contribution in [0.2, 0.25) is 5.02 Å². The van der Waals surface area contributed by atoms with Crippen LogP contribution < -0.4 is 39.6 Å². The van der Waals surface area contributed by atoms with Crippen LogP contribution in [0.5, 0.6) is 5.75 Å². The van der Waals surface area contributed by atoms with E-state index in [1.54, 1.807) is 41.8 Å². The van der Waals surface area contributed by atoms with E-state index in [0.717, 1.165) is 0 Å². The van der Waals surface area contributed by atoms with Gasteiger partial charge in [-0.25, -0.2) is 9.59 Å². The molecule has 2 aromatic rings. The van der Waals surface area contributed by atoms with Crippen LogP contribution in [0.25, 0.3) is 0 Å². The molecule has 0 aliphatic heterocycles. The second-order valence-electron chi connectivity index (χ2n) is 4.92. The molecule has 27 heavy (non-hydrogen) atoms. The Bertz CT molecular complexity index is 745. The maximum absolute atomic E-state index is 11.6. The van der Waals surface area contributed by atoms with Crippen LogP contribution in [0.4, 0.5) is 4.79 Å². The van der Waals surface area contributed by atoms with Crippen LogP contribution >= 0.6 is 22.9 Å². The Morgan fingerprint density at radius 1 is 1.11 bits per heavy atom. The molecule has 7 nitrogen and oxygen atoms in total. The molecule has 0 fully saturated rings. The summed E-state index contributed by atoms with van der Waals surface area (Å²) in [6, 6.07) is 9.74. The molecule has 0 bridgehead atoms. The molecule has 2 rings (SSSR count). The summed E-state index contributed by atoms with van der Waals surface area (Å²) >= 11 is 6.97. The molecule has 1 aromatic carbocycles. The van der Waals surface area contributed by atoms with Crippen LogP contribution in [0.1, 0.15) is 23.9 Å². The molecule has 0 atom stereocenters. The van der Waals surface area contributed by atoms with E-state index < -0.39 is 24.8 Å². The fraction of sp³-hybridized carbons (Fsp3) is 0.235. The Morgan fingerprint density at radius 3 is 2.52 bits per heavy atom. The van der Waals surface area contributed by atoms with Crippen molar-refractivity contribution in [1.82, 2.24) is 5.32 Å². The van der Waals surface area contributed by atoms with Gasteiger partial charge in [0.1, 0.15) is 10.6 Å². The molecule has 140 valence electrons. The van der Waals surface area contributed by atoms with E-state index in [4.69, 9.17) is 25.8 Å². The van der Waals surface area contributed by atoms with E-state index in [1.165, 1.54) is 11.3 Å². The Labute approximate surface area is 188 Å². The summed E-state index contributed by atoms with van der Waals surface area (Å²) in [4.78, 5) is 35.0. The number of esters is 2. The van der Waals surface area contributed by atoms with Crippen LogP contribution in [0.15, 0.2) is 41.8 Å². The summed E-state index contributed by atoms with van der Waals surface area (Å²) in [5.74, 6) is -0.579. The predicted molar refractivity (Wildman–Crippen MR) is 96.5 cm³/mol. The quantitative estimate of drug-likeness (QED) is 0.222. The van der Waals surface area contributed by atoms with Gasteiger partial charge in [-0.15, -0.1) is 11.3 Å². The molecule has 1 N–H and O–H groups in total. The Kier molecular flexibility index (Phi) is 11.1. The Balaban J connectivity index is 0.00000364. The summed E-state index contributed by atoms with van der Waals surface area (Å²) in [6.45, 7) is -0.269. The van der Waals surface area contributed by atoms with E-state index in [0.29, 0.717) is 22.1 Å². The number of thiophene rings is 1. The van der Waals surface area contributed by atoms with Crippen molar-refractivity contribution >= 4 is 41.0 Å². The molecule has 1 heterocycles. The van der Waals surface area contributed by atoms with Crippen molar-refractivity contribution in [3.63, 3.8) is 0 Å². The number of rotatable bonds is 8. The molecule has 1 amide bonds. The number of ether oxygens (including phenoxy) is 3. The second-order valence-corrected chi connectivity index (χ2v) is 6.30. The first-order valence-electron chi connectivity index (χ1n) is 7.62. The zero-order valence-corrected chi connectivity index (χ0v) is 18.2. The molecule has 0 aliphatic carbocycles. The minimum Gasteiger partial charge on any atom is -1.00 e. The topological polar surface area (TPSA) is 90.9 Å². The van der Waals surface area contributed by atoms with Crippen LogP contribution in [-0.2, 0) is 14.3 Å². The van der Waals surface area contributed by atoms with Crippen molar-refractivity contribution < 1.29 is 59.6 Å². The first-order valence-corrected chi connectivity index (χ1v) is 8.88. The summed E-state index contributed by atoms with van der Waals surface area (Å²) in [5, 5.41) is 4.73. The van der Waals surface area contributed by atoms with Crippen LogP contribution in [-0.4, -0.2) is 31.4 Å². The van der Waals surface area contributed by atoms with Crippen LogP contribution in [0.3, 0.4) is 0 Å². The van der Waals surface area contributed by atoms with E-state index in [2.05, 4.69) is 5.32 Å². The van der Waals surface area contributed by atoms with Crippen molar-refractivity contribution in [2.75, 3.05) is 13.3 Å². The second kappa shape index (κ2) is 12.7. The first-order chi connectivity index (χ1) is 12.5. The third kappa shape index (κ3) is 9.25. The average molecular weight is 422 g/mol. The molecule has 10 heteroatoms. The van der Waals surface area contributed by atoms with E-state index in [1.807, 2.05) is 0 Å². The zero-order valence-electron chi connectivity index (χ0n) is 15.6. The van der Waals surface area contributed by atoms with Crippen molar-refractivity contribution in [3.8, 4) is 5.75 Å². The summed E-state index contributed by atoms with van der Waals surface area (Å²) in [6.07, 6.45) is -0.248. The maximum atomic E-state index is 11.6. The molecular weight excluding hydrogens is 405 g/mol. The molecular formula is C17H17ClNNaO6S. The van der Waals surface area contributed by atoms with Crippen molar-refractivity contribution in [2.24, 2.45) is 0 Å². The Hall–Kier alpha value is -1.58. The fourth-order valence-electron chi connectivity index (χ4n) is 1.76. The largest absolute Gasteiger partial charge is 1.00 e. The normalized spacial score (nSPS) is 9.67. The van der Waals surface area contributed by atoms with Gasteiger partial charge in [0.05, 0.1) is 0 Å². The zero-order chi connectivity index (χ0) is 18.8. The van der Waals surface area contributed by atoms with Gasteiger partial charge in [-0.2, -0.15) is 0 Å².